The molecule has 0 saturated heterocycles. The van der Waals surface area contributed by atoms with E-state index < -0.39 is 0 Å². The van der Waals surface area contributed by atoms with E-state index in [0.29, 0.717) is 0 Å². The first kappa shape index (κ1) is 18.1. The first-order chi connectivity index (χ1) is 17.1. The Labute approximate surface area is 201 Å². The molecule has 1 aliphatic carbocycles. The van der Waals surface area contributed by atoms with E-state index in [1.807, 2.05) is 0 Å². The van der Waals surface area contributed by atoms with Gasteiger partial charge in [-0.3, -0.25) is 0 Å². The topological polar surface area (TPSA) is 20.2 Å². The molecule has 0 radical (unpaired) electrons. The van der Waals surface area contributed by atoms with Gasteiger partial charge in [-0.15, -0.1) is 0 Å². The van der Waals surface area contributed by atoms with E-state index in [4.69, 9.17) is 0 Å². The zero-order valence-electron chi connectivity index (χ0n) is 19.6. The molecule has 3 heterocycles. The summed E-state index contributed by atoms with van der Waals surface area (Å²) in [6, 6.07) is 33.8. The largest absolute Gasteiger partial charge is 0.354 e. The highest BCUT2D eigenvalue weighted by Gasteiger charge is 2.37. The van der Waals surface area contributed by atoms with Crippen molar-refractivity contribution in [2.45, 2.75) is 19.3 Å². The highest BCUT2D eigenvalue weighted by molar-refractivity contribution is 6.32. The van der Waals surface area contributed by atoms with Crippen LogP contribution < -0.4 is 0 Å². The third kappa shape index (κ3) is 1.89. The van der Waals surface area contributed by atoms with Crippen molar-refractivity contribution in [3.05, 3.63) is 102 Å². The Hall–Kier alpha value is -4.30. The summed E-state index contributed by atoms with van der Waals surface area (Å²) in [6.45, 7) is 4.75. The van der Waals surface area contributed by atoms with Crippen molar-refractivity contribution in [1.82, 2.24) is 9.38 Å². The van der Waals surface area contributed by atoms with Crippen LogP contribution in [-0.4, -0.2) is 9.38 Å². The number of H-pyrrole nitrogens is 1. The number of para-hydroxylation sites is 2. The van der Waals surface area contributed by atoms with Gasteiger partial charge in [-0.2, -0.15) is 0 Å². The molecule has 0 atom stereocenters. The lowest BCUT2D eigenvalue weighted by Gasteiger charge is -2.21. The number of hydrogen-bond acceptors (Lipinski definition) is 0. The first-order valence-corrected chi connectivity index (χ1v) is 12.4. The van der Waals surface area contributed by atoms with Crippen molar-refractivity contribution in [3.63, 3.8) is 0 Å². The average molecular weight is 447 g/mol. The second-order valence-electron chi connectivity index (χ2n) is 10.6. The Kier molecular flexibility index (Phi) is 2.93. The number of benzene rings is 5. The first-order valence-electron chi connectivity index (χ1n) is 12.4. The van der Waals surface area contributed by atoms with Gasteiger partial charge in [0.1, 0.15) is 0 Å². The van der Waals surface area contributed by atoms with E-state index in [2.05, 4.69) is 114 Å². The second kappa shape index (κ2) is 5.67. The van der Waals surface area contributed by atoms with E-state index in [1.54, 1.807) is 0 Å². The fourth-order valence-corrected chi connectivity index (χ4v) is 7.16. The van der Waals surface area contributed by atoms with Gasteiger partial charge in [-0.05, 0) is 46.3 Å². The third-order valence-electron chi connectivity index (χ3n) is 8.65. The van der Waals surface area contributed by atoms with Crippen LogP contribution in [0.1, 0.15) is 25.0 Å². The van der Waals surface area contributed by atoms with E-state index >= 15 is 0 Å². The molecule has 2 nitrogen and oxygen atoms in total. The minimum Gasteiger partial charge on any atom is -0.354 e. The second-order valence-corrected chi connectivity index (χ2v) is 10.6. The zero-order chi connectivity index (χ0) is 23.1. The third-order valence-corrected chi connectivity index (χ3v) is 8.65. The molecule has 0 bridgehead atoms. The summed E-state index contributed by atoms with van der Waals surface area (Å²) in [5, 5.41) is 7.95. The summed E-state index contributed by atoms with van der Waals surface area (Å²) < 4.78 is 2.50. The van der Waals surface area contributed by atoms with Crippen molar-refractivity contribution in [3.8, 4) is 11.1 Å². The summed E-state index contributed by atoms with van der Waals surface area (Å²) >= 11 is 0. The van der Waals surface area contributed by atoms with Gasteiger partial charge in [-0.1, -0.05) is 80.6 Å². The number of aromatic nitrogens is 2. The number of nitrogens with one attached hydrogen (secondary N) is 1. The van der Waals surface area contributed by atoms with E-state index in [0.717, 1.165) is 0 Å². The van der Waals surface area contributed by atoms with Gasteiger partial charge in [0.15, 0.2) is 0 Å². The average Bonchev–Trinajstić information content (AvgIpc) is 3.47. The molecular formula is C33H22N2. The molecule has 0 spiro atoms. The molecule has 0 amide bonds. The van der Waals surface area contributed by atoms with Crippen LogP contribution in [0.4, 0.5) is 0 Å². The summed E-state index contributed by atoms with van der Waals surface area (Å²) in [5.41, 5.74) is 11.8. The lowest BCUT2D eigenvalue weighted by atomic mass is 9.81. The fourth-order valence-electron chi connectivity index (χ4n) is 7.16. The van der Waals surface area contributed by atoms with Crippen molar-refractivity contribution in [2.75, 3.05) is 0 Å². The van der Waals surface area contributed by atoms with Gasteiger partial charge in [0.2, 0.25) is 0 Å². The smallest absolute Gasteiger partial charge is 0.0619 e. The van der Waals surface area contributed by atoms with Gasteiger partial charge < -0.3 is 9.38 Å². The van der Waals surface area contributed by atoms with Gasteiger partial charge in [-0.25, -0.2) is 0 Å². The van der Waals surface area contributed by atoms with Crippen LogP contribution in [0.5, 0.6) is 0 Å². The molecular weight excluding hydrogens is 424 g/mol. The number of aromatic amines is 1. The van der Waals surface area contributed by atoms with E-state index in [9.17, 15) is 0 Å². The Bertz CT molecular complexity index is 2190. The van der Waals surface area contributed by atoms with Crippen molar-refractivity contribution >= 4 is 59.9 Å². The van der Waals surface area contributed by atoms with Crippen LogP contribution in [0.2, 0.25) is 0 Å². The Balaban J connectivity index is 1.69. The van der Waals surface area contributed by atoms with Crippen molar-refractivity contribution in [1.29, 1.82) is 0 Å². The van der Waals surface area contributed by atoms with Crippen LogP contribution in [-0.2, 0) is 5.41 Å². The molecule has 3 aromatic heterocycles. The van der Waals surface area contributed by atoms with Crippen LogP contribution in [0.3, 0.4) is 0 Å². The maximum Gasteiger partial charge on any atom is 0.0619 e. The van der Waals surface area contributed by atoms with Gasteiger partial charge in [0.05, 0.1) is 22.1 Å². The minimum atomic E-state index is -0.0519. The Morgan fingerprint density at radius 3 is 2.26 bits per heavy atom. The van der Waals surface area contributed by atoms with Gasteiger partial charge in [0, 0.05) is 43.4 Å². The highest BCUT2D eigenvalue weighted by atomic mass is 14.9. The summed E-state index contributed by atoms with van der Waals surface area (Å²) in [7, 11) is 0. The molecule has 1 N–H and O–H groups in total. The molecule has 9 rings (SSSR count). The van der Waals surface area contributed by atoms with Crippen LogP contribution in [0.15, 0.2) is 91.0 Å². The van der Waals surface area contributed by atoms with Crippen LogP contribution in [0, 0.1) is 0 Å². The quantitative estimate of drug-likeness (QED) is 0.240. The normalized spacial score (nSPS) is 14.8. The van der Waals surface area contributed by atoms with Crippen LogP contribution in [0.25, 0.3) is 71.0 Å². The number of hydrogen-bond donors (Lipinski definition) is 1. The van der Waals surface area contributed by atoms with Gasteiger partial charge >= 0.3 is 0 Å². The summed E-state index contributed by atoms with van der Waals surface area (Å²) in [5.74, 6) is 0. The van der Waals surface area contributed by atoms with Crippen molar-refractivity contribution in [2.24, 2.45) is 0 Å². The molecule has 5 aromatic carbocycles. The molecule has 8 aromatic rings. The number of rotatable bonds is 0. The maximum absolute atomic E-state index is 3.90. The predicted molar refractivity (Wildman–Crippen MR) is 148 cm³/mol. The minimum absolute atomic E-state index is 0.0519. The number of nitrogens with zero attached hydrogens (tertiary/aromatic N) is 1. The monoisotopic (exact) mass is 446 g/mol. The molecule has 164 valence electrons. The fraction of sp³-hybridized carbons (Fsp3) is 0.0909. The SMILES string of the molecule is CC1(C)c2ccccc2-c2c1cc1c3cccc4c5ccccc5n(c5cccc6[nH]c2c1c65)c34. The molecule has 1 aliphatic rings. The Morgan fingerprint density at radius 2 is 1.34 bits per heavy atom. The standard InChI is InChI=1S/C33H22N2/c1-33(2)23-13-5-3-10-21(23)28-24(33)17-22-20-12-7-11-19-18-9-4-6-15-26(18)35(32(19)20)27-16-8-14-25-30(27)29(22)31(28)34-25/h3-17,34H,1-2H3. The van der Waals surface area contributed by atoms with Gasteiger partial charge in [0.25, 0.3) is 0 Å². The zero-order valence-corrected chi connectivity index (χ0v) is 19.6. The maximum atomic E-state index is 3.90. The lowest BCUT2D eigenvalue weighted by molar-refractivity contribution is 0.661. The lowest BCUT2D eigenvalue weighted by Crippen LogP contribution is -2.14. The Morgan fingerprint density at radius 1 is 0.629 bits per heavy atom. The molecule has 2 heteroatoms. The van der Waals surface area contributed by atoms with Crippen molar-refractivity contribution < 1.29 is 0 Å². The van der Waals surface area contributed by atoms with E-state index in [-0.39, 0.29) is 5.41 Å². The molecule has 0 saturated carbocycles. The molecule has 35 heavy (non-hydrogen) atoms. The summed E-state index contributed by atoms with van der Waals surface area (Å²) in [4.78, 5) is 3.90. The van der Waals surface area contributed by atoms with Crippen LogP contribution >= 0.6 is 0 Å². The number of fused-ring (bicyclic) bond motifs is 9. The molecule has 0 fully saturated rings. The van der Waals surface area contributed by atoms with E-state index in [1.165, 1.54) is 82.2 Å². The highest BCUT2D eigenvalue weighted by Crippen LogP contribution is 2.54. The molecule has 0 aliphatic heterocycles. The summed E-state index contributed by atoms with van der Waals surface area (Å²) in [6.07, 6.45) is 0. The predicted octanol–water partition coefficient (Wildman–Crippen LogP) is 8.78. The molecule has 0 unspecified atom stereocenters.